The fourth-order valence-electron chi connectivity index (χ4n) is 2.21. The van der Waals surface area contributed by atoms with Gasteiger partial charge in [-0.25, -0.2) is 0 Å². The molecule has 0 aliphatic rings. The summed E-state index contributed by atoms with van der Waals surface area (Å²) in [5.74, 6) is 0. The van der Waals surface area contributed by atoms with E-state index in [1.54, 1.807) is 12.1 Å². The van der Waals surface area contributed by atoms with E-state index in [-0.39, 0.29) is 0 Å². The summed E-state index contributed by atoms with van der Waals surface area (Å²) in [6, 6.07) is 5.38. The van der Waals surface area contributed by atoms with Crippen LogP contribution in [0.15, 0.2) is 24.3 Å². The zero-order chi connectivity index (χ0) is 15.6. The molecule has 0 bridgehead atoms. The van der Waals surface area contributed by atoms with Crippen molar-refractivity contribution in [3.8, 4) is 0 Å². The molecule has 114 valence electrons. The van der Waals surface area contributed by atoms with Gasteiger partial charge < -0.3 is 10.2 Å². The van der Waals surface area contributed by atoms with E-state index in [0.29, 0.717) is 12.1 Å². The van der Waals surface area contributed by atoms with Crippen molar-refractivity contribution >= 4 is 0 Å². The van der Waals surface area contributed by atoms with Crippen molar-refractivity contribution in [1.82, 2.24) is 10.2 Å². The number of likely N-dealkylation sites (N-methyl/N-ethyl adjacent to an activating group) is 2. The summed E-state index contributed by atoms with van der Waals surface area (Å²) in [7, 11) is 3.75. The quantitative estimate of drug-likeness (QED) is 0.889. The van der Waals surface area contributed by atoms with Crippen molar-refractivity contribution in [1.29, 1.82) is 0 Å². The van der Waals surface area contributed by atoms with Crippen LogP contribution < -0.4 is 5.32 Å². The lowest BCUT2D eigenvalue weighted by Gasteiger charge is -2.41. The van der Waals surface area contributed by atoms with Gasteiger partial charge in [-0.15, -0.1) is 0 Å². The second-order valence-electron chi connectivity index (χ2n) is 5.62. The van der Waals surface area contributed by atoms with Crippen LogP contribution in [-0.2, 0) is 6.18 Å². The smallest absolute Gasteiger partial charge is 0.309 e. The normalized spacial score (nSPS) is 14.7. The van der Waals surface area contributed by atoms with Gasteiger partial charge in [0.1, 0.15) is 0 Å². The number of nitrogens with zero attached hydrogens (tertiary/aromatic N) is 1. The minimum atomic E-state index is -4.34. The molecule has 0 aliphatic heterocycles. The number of rotatable bonds is 5. The number of hydrogen-bond acceptors (Lipinski definition) is 2. The molecule has 0 saturated carbocycles. The van der Waals surface area contributed by atoms with Gasteiger partial charge in [0, 0.05) is 5.54 Å². The lowest BCUT2D eigenvalue weighted by Crippen LogP contribution is -2.49. The molecular weight excluding hydrogens is 265 g/mol. The Kier molecular flexibility index (Phi) is 5.21. The van der Waals surface area contributed by atoms with Crippen molar-refractivity contribution in [3.05, 3.63) is 35.4 Å². The van der Waals surface area contributed by atoms with Crippen molar-refractivity contribution in [2.24, 2.45) is 0 Å². The molecule has 20 heavy (non-hydrogen) atoms. The lowest BCUT2D eigenvalue weighted by molar-refractivity contribution is -0.138. The number of halogens is 3. The van der Waals surface area contributed by atoms with Gasteiger partial charge in [-0.05, 0) is 46.1 Å². The average Bonchev–Trinajstić information content (AvgIpc) is 2.34. The molecule has 1 aromatic rings. The Morgan fingerprint density at radius 1 is 1.15 bits per heavy atom. The van der Waals surface area contributed by atoms with E-state index in [4.69, 9.17) is 0 Å². The highest BCUT2D eigenvalue weighted by Crippen LogP contribution is 2.38. The Morgan fingerprint density at radius 2 is 1.70 bits per heavy atom. The van der Waals surface area contributed by atoms with E-state index in [2.05, 4.69) is 5.32 Å². The highest BCUT2D eigenvalue weighted by Gasteiger charge is 2.39. The molecule has 5 heteroatoms. The van der Waals surface area contributed by atoms with Gasteiger partial charge in [-0.1, -0.05) is 25.1 Å². The minimum absolute atomic E-state index is 0.292. The van der Waals surface area contributed by atoms with E-state index in [1.165, 1.54) is 6.07 Å². The van der Waals surface area contributed by atoms with Crippen molar-refractivity contribution in [2.45, 2.75) is 38.5 Å². The molecule has 1 N–H and O–H groups in total. The van der Waals surface area contributed by atoms with Crippen molar-refractivity contribution < 1.29 is 13.2 Å². The fourth-order valence-corrected chi connectivity index (χ4v) is 2.21. The molecular formula is C15H23F3N2. The van der Waals surface area contributed by atoms with Gasteiger partial charge in [0.2, 0.25) is 0 Å². The van der Waals surface area contributed by atoms with Crippen LogP contribution >= 0.6 is 0 Å². The van der Waals surface area contributed by atoms with Crippen LogP contribution in [0.3, 0.4) is 0 Å². The minimum Gasteiger partial charge on any atom is -0.309 e. The third-order valence-electron chi connectivity index (χ3n) is 3.84. The van der Waals surface area contributed by atoms with Crippen LogP contribution in [0.5, 0.6) is 0 Å². The van der Waals surface area contributed by atoms with E-state index in [0.717, 1.165) is 6.07 Å². The summed E-state index contributed by atoms with van der Waals surface area (Å²) in [5.41, 5.74) is -0.724. The van der Waals surface area contributed by atoms with Gasteiger partial charge >= 0.3 is 6.18 Å². The molecule has 0 fully saturated rings. The van der Waals surface area contributed by atoms with Crippen LogP contribution in [0.2, 0.25) is 0 Å². The van der Waals surface area contributed by atoms with Crippen LogP contribution in [0.4, 0.5) is 13.2 Å². The highest BCUT2D eigenvalue weighted by molar-refractivity contribution is 5.34. The summed E-state index contributed by atoms with van der Waals surface area (Å²) in [5, 5.41) is 3.19. The molecule has 0 aliphatic carbocycles. The molecule has 0 saturated heterocycles. The summed E-state index contributed by atoms with van der Waals surface area (Å²) in [6.45, 7) is 6.38. The topological polar surface area (TPSA) is 15.3 Å². The van der Waals surface area contributed by atoms with Crippen molar-refractivity contribution in [3.63, 3.8) is 0 Å². The summed E-state index contributed by atoms with van der Waals surface area (Å²) >= 11 is 0. The second kappa shape index (κ2) is 6.14. The zero-order valence-electron chi connectivity index (χ0n) is 12.7. The Bertz CT molecular complexity index is 439. The number of alkyl halides is 3. The monoisotopic (exact) mass is 288 g/mol. The Morgan fingerprint density at radius 3 is 2.15 bits per heavy atom. The van der Waals surface area contributed by atoms with E-state index >= 15 is 0 Å². The van der Waals surface area contributed by atoms with Crippen LogP contribution in [-0.4, -0.2) is 31.1 Å². The van der Waals surface area contributed by atoms with Crippen LogP contribution in [0, 0.1) is 0 Å². The SMILES string of the molecule is CCNC(c1ccccc1C(F)(F)F)C(C)(C)N(C)C. The van der Waals surface area contributed by atoms with Crippen LogP contribution in [0.1, 0.15) is 37.9 Å². The van der Waals surface area contributed by atoms with Gasteiger partial charge in [0.25, 0.3) is 0 Å². The van der Waals surface area contributed by atoms with Gasteiger partial charge in [-0.3, -0.25) is 0 Å². The number of benzene rings is 1. The summed E-state index contributed by atoms with van der Waals surface area (Å²) < 4.78 is 39.6. The summed E-state index contributed by atoms with van der Waals surface area (Å²) in [6.07, 6.45) is -4.34. The molecule has 0 heterocycles. The number of nitrogens with one attached hydrogen (secondary N) is 1. The highest BCUT2D eigenvalue weighted by atomic mass is 19.4. The maximum absolute atomic E-state index is 13.2. The maximum atomic E-state index is 13.2. The van der Waals surface area contributed by atoms with Gasteiger partial charge in [0.05, 0.1) is 11.6 Å². The number of hydrogen-bond donors (Lipinski definition) is 1. The molecule has 2 nitrogen and oxygen atoms in total. The Labute approximate surface area is 119 Å². The Hall–Kier alpha value is -1.07. The molecule has 1 rings (SSSR count). The van der Waals surface area contributed by atoms with E-state index in [1.807, 2.05) is 39.8 Å². The van der Waals surface area contributed by atoms with Crippen molar-refractivity contribution in [2.75, 3.05) is 20.6 Å². The predicted molar refractivity (Wildman–Crippen MR) is 75.6 cm³/mol. The first-order valence-corrected chi connectivity index (χ1v) is 6.69. The molecule has 1 aromatic carbocycles. The summed E-state index contributed by atoms with van der Waals surface area (Å²) in [4.78, 5) is 1.94. The Balaban J connectivity index is 3.37. The largest absolute Gasteiger partial charge is 0.416 e. The maximum Gasteiger partial charge on any atom is 0.416 e. The standard InChI is InChI=1S/C15H23F3N2/c1-6-19-13(14(2,3)20(4)5)11-9-7-8-10-12(11)15(16,17)18/h7-10,13,19H,6H2,1-5H3. The van der Waals surface area contributed by atoms with Gasteiger partial charge in [0.15, 0.2) is 0 Å². The predicted octanol–water partition coefficient (Wildman–Crippen LogP) is 3.70. The molecule has 0 aromatic heterocycles. The lowest BCUT2D eigenvalue weighted by atomic mass is 9.85. The molecule has 1 atom stereocenters. The first-order valence-electron chi connectivity index (χ1n) is 6.69. The molecule has 0 radical (unpaired) electrons. The third-order valence-corrected chi connectivity index (χ3v) is 3.84. The zero-order valence-corrected chi connectivity index (χ0v) is 12.7. The second-order valence-corrected chi connectivity index (χ2v) is 5.62. The van der Waals surface area contributed by atoms with E-state index in [9.17, 15) is 13.2 Å². The average molecular weight is 288 g/mol. The first kappa shape index (κ1) is 17.0. The van der Waals surface area contributed by atoms with Gasteiger partial charge in [-0.2, -0.15) is 13.2 Å². The third kappa shape index (κ3) is 3.52. The fraction of sp³-hybridized carbons (Fsp3) is 0.600. The molecule has 1 unspecified atom stereocenters. The first-order chi connectivity index (χ1) is 9.12. The molecule has 0 amide bonds. The van der Waals surface area contributed by atoms with E-state index < -0.39 is 23.3 Å². The van der Waals surface area contributed by atoms with Crippen LogP contribution in [0.25, 0.3) is 0 Å². The molecule has 0 spiro atoms.